The normalized spacial score (nSPS) is 17.6. The molecule has 0 bridgehead atoms. The van der Waals surface area contributed by atoms with E-state index in [4.69, 9.17) is 0 Å². The number of rotatable bonds is 6. The van der Waals surface area contributed by atoms with Crippen molar-refractivity contribution in [2.24, 2.45) is 5.41 Å². The summed E-state index contributed by atoms with van der Waals surface area (Å²) in [6, 6.07) is 20.1. The molecule has 2 aromatic heterocycles. The molecule has 1 N–H and O–H groups in total. The quantitative estimate of drug-likeness (QED) is 0.403. The Labute approximate surface area is 217 Å². The summed E-state index contributed by atoms with van der Waals surface area (Å²) >= 11 is 0. The molecule has 2 aromatic carbocycles. The molecule has 190 valence electrons. The standard InChI is InChI=1S/C30H33N5O2/c1-2-8-26(33-15-6-7-16-33)28(36)34-17-13-30(14-18-34)20-35(21-30)29(37)27-24-12-11-23(19-25(24)31-32-27)22-9-4-3-5-10-22/h3-7,9-12,15-16,19,26H,2,8,13-14,17-18,20-21H2,1H3,(H,31,32). The third kappa shape index (κ3) is 4.32. The summed E-state index contributed by atoms with van der Waals surface area (Å²) in [6.07, 6.45) is 7.67. The lowest BCUT2D eigenvalue weighted by Gasteiger charge is -2.54. The van der Waals surface area contributed by atoms with Crippen LogP contribution in [-0.2, 0) is 4.79 Å². The van der Waals surface area contributed by atoms with Crippen molar-refractivity contribution in [2.75, 3.05) is 26.2 Å². The summed E-state index contributed by atoms with van der Waals surface area (Å²) in [4.78, 5) is 30.6. The van der Waals surface area contributed by atoms with Gasteiger partial charge in [0, 0.05) is 49.4 Å². The van der Waals surface area contributed by atoms with Crippen LogP contribution in [0.25, 0.3) is 22.0 Å². The van der Waals surface area contributed by atoms with Gasteiger partial charge in [-0.3, -0.25) is 14.7 Å². The topological polar surface area (TPSA) is 74.2 Å². The summed E-state index contributed by atoms with van der Waals surface area (Å²) in [5.74, 6) is 0.205. The third-order valence-corrected chi connectivity index (χ3v) is 8.18. The van der Waals surface area contributed by atoms with Gasteiger partial charge >= 0.3 is 0 Å². The van der Waals surface area contributed by atoms with Gasteiger partial charge < -0.3 is 14.4 Å². The SMILES string of the molecule is CCCC(C(=O)N1CCC2(CC1)CN(C(=O)c1n[nH]c3cc(-c4ccccc4)ccc13)C2)n1cccc1. The number of H-pyrrole nitrogens is 1. The van der Waals surface area contributed by atoms with E-state index in [-0.39, 0.29) is 23.3 Å². The number of aromatic amines is 1. The van der Waals surface area contributed by atoms with Crippen molar-refractivity contribution in [2.45, 2.75) is 38.6 Å². The van der Waals surface area contributed by atoms with E-state index in [1.54, 1.807) is 0 Å². The van der Waals surface area contributed by atoms with Gasteiger partial charge in [0.2, 0.25) is 5.91 Å². The number of nitrogens with zero attached hydrogens (tertiary/aromatic N) is 4. The molecule has 4 heterocycles. The van der Waals surface area contributed by atoms with Crippen molar-refractivity contribution < 1.29 is 9.59 Å². The Balaban J connectivity index is 1.08. The highest BCUT2D eigenvalue weighted by Gasteiger charge is 2.48. The smallest absolute Gasteiger partial charge is 0.275 e. The van der Waals surface area contributed by atoms with Crippen molar-refractivity contribution in [3.05, 3.63) is 78.8 Å². The van der Waals surface area contributed by atoms with E-state index >= 15 is 0 Å². The van der Waals surface area contributed by atoms with Crippen molar-refractivity contribution in [3.8, 4) is 11.1 Å². The zero-order valence-corrected chi connectivity index (χ0v) is 21.3. The van der Waals surface area contributed by atoms with Crippen molar-refractivity contribution >= 4 is 22.7 Å². The third-order valence-electron chi connectivity index (χ3n) is 8.18. The van der Waals surface area contributed by atoms with E-state index in [2.05, 4.69) is 35.3 Å². The summed E-state index contributed by atoms with van der Waals surface area (Å²) in [7, 11) is 0. The molecule has 0 saturated carbocycles. The zero-order valence-electron chi connectivity index (χ0n) is 21.3. The summed E-state index contributed by atoms with van der Waals surface area (Å²) in [5, 5.41) is 8.31. The minimum absolute atomic E-state index is 0.0153. The number of carbonyl (C=O) groups is 2. The fourth-order valence-corrected chi connectivity index (χ4v) is 6.01. The molecule has 7 nitrogen and oxygen atoms in total. The van der Waals surface area contributed by atoms with Gasteiger partial charge in [-0.15, -0.1) is 0 Å². The van der Waals surface area contributed by atoms with Crippen LogP contribution in [-0.4, -0.2) is 62.6 Å². The van der Waals surface area contributed by atoms with Crippen LogP contribution in [0.4, 0.5) is 0 Å². The molecule has 4 aromatic rings. The van der Waals surface area contributed by atoms with E-state index < -0.39 is 0 Å². The molecule has 2 aliphatic heterocycles. The van der Waals surface area contributed by atoms with E-state index in [0.717, 1.165) is 73.9 Å². The monoisotopic (exact) mass is 495 g/mol. The number of hydrogen-bond donors (Lipinski definition) is 1. The minimum Gasteiger partial charge on any atom is -0.342 e. The van der Waals surface area contributed by atoms with Crippen LogP contribution in [0.3, 0.4) is 0 Å². The van der Waals surface area contributed by atoms with Gasteiger partial charge in [0.25, 0.3) is 5.91 Å². The summed E-state index contributed by atoms with van der Waals surface area (Å²) < 4.78 is 2.04. The number of aromatic nitrogens is 3. The van der Waals surface area contributed by atoms with Crippen LogP contribution in [0.5, 0.6) is 0 Å². The molecular weight excluding hydrogens is 462 g/mol. The summed E-state index contributed by atoms with van der Waals surface area (Å²) in [5.41, 5.74) is 3.71. The predicted octanol–water partition coefficient (Wildman–Crippen LogP) is 5.14. The van der Waals surface area contributed by atoms with Gasteiger partial charge in [0.1, 0.15) is 6.04 Å². The number of fused-ring (bicyclic) bond motifs is 1. The van der Waals surface area contributed by atoms with Gasteiger partial charge in [0.15, 0.2) is 5.69 Å². The fraction of sp³-hybridized carbons (Fsp3) is 0.367. The number of nitrogens with one attached hydrogen (secondary N) is 1. The Morgan fingerprint density at radius 1 is 0.946 bits per heavy atom. The highest BCUT2D eigenvalue weighted by molar-refractivity contribution is 6.05. The molecule has 2 aliphatic rings. The van der Waals surface area contributed by atoms with Crippen LogP contribution in [0.2, 0.25) is 0 Å². The van der Waals surface area contributed by atoms with Crippen molar-refractivity contribution in [1.29, 1.82) is 0 Å². The second-order valence-corrected chi connectivity index (χ2v) is 10.6. The first-order chi connectivity index (χ1) is 18.1. The number of likely N-dealkylation sites (tertiary alicyclic amines) is 2. The summed E-state index contributed by atoms with van der Waals surface area (Å²) in [6.45, 7) is 5.12. The van der Waals surface area contributed by atoms with E-state index in [0.29, 0.717) is 5.69 Å². The first-order valence-corrected chi connectivity index (χ1v) is 13.3. The van der Waals surface area contributed by atoms with Crippen LogP contribution < -0.4 is 0 Å². The largest absolute Gasteiger partial charge is 0.342 e. The molecule has 2 saturated heterocycles. The first-order valence-electron chi connectivity index (χ1n) is 13.3. The highest BCUT2D eigenvalue weighted by Crippen LogP contribution is 2.42. The number of piperidine rings is 1. The number of hydrogen-bond acceptors (Lipinski definition) is 3. The fourth-order valence-electron chi connectivity index (χ4n) is 6.01. The number of amides is 2. The lowest BCUT2D eigenvalue weighted by Crippen LogP contribution is -2.62. The lowest BCUT2D eigenvalue weighted by molar-refractivity contribution is -0.139. The maximum absolute atomic E-state index is 13.3. The number of benzene rings is 2. The average Bonchev–Trinajstić information content (AvgIpc) is 3.60. The Morgan fingerprint density at radius 2 is 1.68 bits per heavy atom. The molecule has 0 radical (unpaired) electrons. The van der Waals surface area contributed by atoms with Crippen molar-refractivity contribution in [3.63, 3.8) is 0 Å². The Bertz CT molecular complexity index is 1390. The highest BCUT2D eigenvalue weighted by atomic mass is 16.2. The first kappa shape index (κ1) is 23.5. The van der Waals surface area contributed by atoms with E-state index in [1.807, 2.05) is 69.2 Å². The minimum atomic E-state index is -0.121. The Hall–Kier alpha value is -3.87. The van der Waals surface area contributed by atoms with Gasteiger partial charge in [-0.25, -0.2) is 0 Å². The molecule has 6 rings (SSSR count). The molecule has 0 aliphatic carbocycles. The maximum atomic E-state index is 13.3. The molecule has 37 heavy (non-hydrogen) atoms. The van der Waals surface area contributed by atoms with Crippen LogP contribution in [0.15, 0.2) is 73.1 Å². The van der Waals surface area contributed by atoms with Gasteiger partial charge in [-0.2, -0.15) is 5.10 Å². The van der Waals surface area contributed by atoms with Gasteiger partial charge in [0.05, 0.1) is 5.52 Å². The van der Waals surface area contributed by atoms with E-state index in [1.165, 1.54) is 0 Å². The molecule has 7 heteroatoms. The predicted molar refractivity (Wildman–Crippen MR) is 144 cm³/mol. The van der Waals surface area contributed by atoms with Crippen LogP contribution in [0.1, 0.15) is 49.1 Å². The Morgan fingerprint density at radius 3 is 2.38 bits per heavy atom. The molecule has 1 spiro atoms. The van der Waals surface area contributed by atoms with Gasteiger partial charge in [-0.1, -0.05) is 49.7 Å². The molecule has 2 fully saturated rings. The second kappa shape index (κ2) is 9.54. The zero-order chi connectivity index (χ0) is 25.4. The average molecular weight is 496 g/mol. The van der Waals surface area contributed by atoms with Crippen molar-refractivity contribution in [1.82, 2.24) is 24.6 Å². The molecule has 2 amide bonds. The molecule has 1 atom stereocenters. The maximum Gasteiger partial charge on any atom is 0.275 e. The van der Waals surface area contributed by atoms with Crippen LogP contribution >= 0.6 is 0 Å². The number of carbonyl (C=O) groups excluding carboxylic acids is 2. The second-order valence-electron chi connectivity index (χ2n) is 10.6. The molecular formula is C30H33N5O2. The molecule has 1 unspecified atom stereocenters. The van der Waals surface area contributed by atoms with Crippen LogP contribution in [0, 0.1) is 5.41 Å². The van der Waals surface area contributed by atoms with E-state index in [9.17, 15) is 9.59 Å². The lowest BCUT2D eigenvalue weighted by atomic mass is 9.71. The van der Waals surface area contributed by atoms with Gasteiger partial charge in [-0.05, 0) is 54.7 Å². The Kier molecular flexibility index (Phi) is 6.07.